The Morgan fingerprint density at radius 2 is 2.25 bits per heavy atom. The van der Waals surface area contributed by atoms with Crippen LogP contribution in [-0.2, 0) is 19.2 Å². The van der Waals surface area contributed by atoms with Crippen molar-refractivity contribution in [1.82, 2.24) is 14.8 Å². The molecule has 0 radical (unpaired) electrons. The topological polar surface area (TPSA) is 174 Å². The first-order valence-corrected chi connectivity index (χ1v) is 6.79. The van der Waals surface area contributed by atoms with E-state index in [0.29, 0.717) is 0 Å². The van der Waals surface area contributed by atoms with E-state index in [1.54, 1.807) is 6.07 Å². The van der Waals surface area contributed by atoms with Crippen molar-refractivity contribution >= 4 is 10.3 Å². The number of ether oxygens (including phenoxy) is 1. The van der Waals surface area contributed by atoms with E-state index in [1.807, 2.05) is 0 Å². The molecule has 1 aromatic rings. The van der Waals surface area contributed by atoms with Crippen LogP contribution in [0.5, 0.6) is 0 Å². The van der Waals surface area contributed by atoms with E-state index < -0.39 is 41.5 Å². The van der Waals surface area contributed by atoms with Gasteiger partial charge in [0.2, 0.25) is 0 Å². The van der Waals surface area contributed by atoms with E-state index in [9.17, 15) is 18.6 Å². The summed E-state index contributed by atoms with van der Waals surface area (Å²) in [5.41, 5.74) is 0. The van der Waals surface area contributed by atoms with Crippen LogP contribution in [0.1, 0.15) is 12.1 Å². The van der Waals surface area contributed by atoms with Crippen LogP contribution >= 0.6 is 0 Å². The number of aliphatic hydroxyl groups excluding tert-OH is 2. The Bertz CT molecular complexity index is 624. The molecule has 4 atom stereocenters. The maximum absolute atomic E-state index is 10.7. The summed E-state index contributed by atoms with van der Waals surface area (Å²) in [6, 6.07) is 1.69. The van der Waals surface area contributed by atoms with Gasteiger partial charge in [0, 0.05) is 0 Å². The zero-order valence-corrected chi connectivity index (χ0v) is 10.7. The van der Waals surface area contributed by atoms with Gasteiger partial charge in [-0.25, -0.2) is 14.8 Å². The summed E-state index contributed by atoms with van der Waals surface area (Å²) < 4.78 is 31.9. The van der Waals surface area contributed by atoms with Crippen LogP contribution in [0.25, 0.3) is 0 Å². The summed E-state index contributed by atoms with van der Waals surface area (Å²) in [6.07, 6.45) is -3.90. The first kappa shape index (κ1) is 14.8. The van der Waals surface area contributed by atoms with Crippen molar-refractivity contribution in [2.75, 3.05) is 6.61 Å². The smallest absolute Gasteiger partial charge is 0.333 e. The molecule has 110 valence electrons. The third kappa shape index (κ3) is 3.10. The molecule has 0 bridgehead atoms. The molecular weight excluding hydrogens is 294 g/mol. The van der Waals surface area contributed by atoms with Crippen LogP contribution < -0.4 is 5.14 Å². The number of rotatable bonds is 4. The van der Waals surface area contributed by atoms with E-state index in [0.717, 1.165) is 11.0 Å². The van der Waals surface area contributed by atoms with Crippen molar-refractivity contribution in [3.05, 3.63) is 12.2 Å². The van der Waals surface area contributed by atoms with E-state index in [4.69, 9.17) is 10.00 Å². The lowest BCUT2D eigenvalue weighted by Gasteiger charge is -2.13. The first-order valence-electron chi connectivity index (χ1n) is 5.32. The fourth-order valence-corrected chi connectivity index (χ4v) is 2.02. The molecule has 0 saturated carbocycles. The number of hydrogen-bond acceptors (Lipinski definition) is 9. The lowest BCUT2D eigenvalue weighted by molar-refractivity contribution is -0.0549. The Morgan fingerprint density at radius 1 is 1.55 bits per heavy atom. The van der Waals surface area contributed by atoms with Gasteiger partial charge in [0.1, 0.15) is 30.7 Å². The second-order valence-corrected chi connectivity index (χ2v) is 5.20. The van der Waals surface area contributed by atoms with Crippen molar-refractivity contribution < 1.29 is 27.6 Å². The highest BCUT2D eigenvalue weighted by Gasteiger charge is 2.44. The van der Waals surface area contributed by atoms with Gasteiger partial charge in [-0.2, -0.15) is 13.7 Å². The lowest BCUT2D eigenvalue weighted by atomic mass is 10.1. The lowest BCUT2D eigenvalue weighted by Crippen LogP contribution is -2.35. The van der Waals surface area contributed by atoms with Gasteiger partial charge >= 0.3 is 10.3 Å². The number of nitrogens with two attached hydrogens (primary N) is 1. The Hall–Kier alpha value is -1.62. The third-order valence-electron chi connectivity index (χ3n) is 2.60. The fourth-order valence-electron chi connectivity index (χ4n) is 1.70. The Labute approximate surface area is 113 Å². The normalized spacial score (nSPS) is 30.3. The molecule has 1 unspecified atom stereocenters. The summed E-state index contributed by atoms with van der Waals surface area (Å²) in [7, 11) is -4.19. The molecule has 4 N–H and O–H groups in total. The Balaban J connectivity index is 2.08. The molecule has 1 fully saturated rings. The summed E-state index contributed by atoms with van der Waals surface area (Å²) in [4.78, 5) is 3.62. The van der Waals surface area contributed by atoms with E-state index >= 15 is 0 Å². The zero-order chi connectivity index (χ0) is 14.9. The van der Waals surface area contributed by atoms with E-state index in [1.165, 1.54) is 0 Å². The minimum Gasteiger partial charge on any atom is -0.387 e. The molecule has 1 aliphatic heterocycles. The summed E-state index contributed by atoms with van der Waals surface area (Å²) >= 11 is 0. The molecule has 1 aliphatic rings. The molecule has 0 amide bonds. The molecule has 1 saturated heterocycles. The van der Waals surface area contributed by atoms with Gasteiger partial charge in [-0.05, 0) is 0 Å². The minimum atomic E-state index is -4.19. The number of aliphatic hydroxyl groups is 2. The molecule has 1 aromatic heterocycles. The van der Waals surface area contributed by atoms with Gasteiger partial charge in [0.05, 0.1) is 6.61 Å². The highest BCUT2D eigenvalue weighted by molar-refractivity contribution is 7.84. The van der Waals surface area contributed by atoms with Gasteiger partial charge in [0.25, 0.3) is 5.82 Å². The van der Waals surface area contributed by atoms with Crippen LogP contribution in [0, 0.1) is 11.3 Å². The number of hydrogen-bond donors (Lipinski definition) is 3. The van der Waals surface area contributed by atoms with Crippen molar-refractivity contribution in [2.45, 2.75) is 24.5 Å². The average Bonchev–Trinajstić information content (AvgIpc) is 2.94. The molecule has 0 aromatic carbocycles. The third-order valence-corrected chi connectivity index (χ3v) is 3.07. The molecule has 0 aliphatic carbocycles. The number of nitrogens with zero attached hydrogens (tertiary/aromatic N) is 4. The van der Waals surface area contributed by atoms with Crippen LogP contribution in [-0.4, -0.2) is 58.3 Å². The van der Waals surface area contributed by atoms with Gasteiger partial charge in [-0.15, -0.1) is 5.10 Å². The summed E-state index contributed by atoms with van der Waals surface area (Å²) in [6.45, 7) is -0.562. The Morgan fingerprint density at radius 3 is 2.80 bits per heavy atom. The molecular formula is C8H11N5O6S. The highest BCUT2D eigenvalue weighted by atomic mass is 32.2. The summed E-state index contributed by atoms with van der Waals surface area (Å²) in [5, 5.41) is 36.5. The van der Waals surface area contributed by atoms with Gasteiger partial charge in [-0.1, -0.05) is 0 Å². The monoisotopic (exact) mass is 305 g/mol. The molecule has 12 heteroatoms. The molecule has 2 heterocycles. The highest BCUT2D eigenvalue weighted by Crippen LogP contribution is 2.28. The van der Waals surface area contributed by atoms with Crippen LogP contribution in [0.4, 0.5) is 0 Å². The van der Waals surface area contributed by atoms with E-state index in [-0.39, 0.29) is 5.82 Å². The largest absolute Gasteiger partial charge is 0.387 e. The molecule has 0 spiro atoms. The number of nitriles is 1. The van der Waals surface area contributed by atoms with Crippen molar-refractivity contribution in [2.24, 2.45) is 5.14 Å². The van der Waals surface area contributed by atoms with Crippen LogP contribution in [0.3, 0.4) is 0 Å². The van der Waals surface area contributed by atoms with Gasteiger partial charge < -0.3 is 14.9 Å². The Kier molecular flexibility index (Phi) is 3.99. The SMILES string of the molecule is N#Cc1ncn(C2O[C@H](COS(N)(=O)=O)[C@@H](O)[C@H]2O)n1. The standard InChI is InChI=1S/C8H11N5O6S/c9-1-5-11-3-13(12-5)8-7(15)6(14)4(19-8)2-18-20(10,16)17/h3-4,6-8,14-15H,2H2,(H2,10,16,17)/t4-,6-,7-,8?/m1/s1. The maximum atomic E-state index is 10.7. The van der Waals surface area contributed by atoms with Crippen molar-refractivity contribution in [1.29, 1.82) is 5.26 Å². The fraction of sp³-hybridized carbons (Fsp3) is 0.625. The molecule has 11 nitrogen and oxygen atoms in total. The van der Waals surface area contributed by atoms with Crippen LogP contribution in [0.15, 0.2) is 6.33 Å². The van der Waals surface area contributed by atoms with Crippen LogP contribution in [0.2, 0.25) is 0 Å². The average molecular weight is 305 g/mol. The van der Waals surface area contributed by atoms with Gasteiger partial charge in [0.15, 0.2) is 6.23 Å². The van der Waals surface area contributed by atoms with Crippen molar-refractivity contribution in [3.8, 4) is 6.07 Å². The second kappa shape index (κ2) is 5.40. The quantitative estimate of drug-likeness (QED) is 0.523. The first-order chi connectivity index (χ1) is 9.31. The summed E-state index contributed by atoms with van der Waals surface area (Å²) in [5.74, 6) is -0.139. The van der Waals surface area contributed by atoms with Crippen molar-refractivity contribution in [3.63, 3.8) is 0 Å². The maximum Gasteiger partial charge on any atom is 0.333 e. The number of aromatic nitrogens is 3. The predicted octanol–water partition coefficient (Wildman–Crippen LogP) is -3.01. The van der Waals surface area contributed by atoms with E-state index in [2.05, 4.69) is 19.4 Å². The second-order valence-electron chi connectivity index (χ2n) is 3.98. The molecule has 20 heavy (non-hydrogen) atoms. The zero-order valence-electron chi connectivity index (χ0n) is 9.90. The van der Waals surface area contributed by atoms with Gasteiger partial charge in [-0.3, -0.25) is 4.18 Å². The molecule has 2 rings (SSSR count). The minimum absolute atomic E-state index is 0.139. The predicted molar refractivity (Wildman–Crippen MR) is 59.7 cm³/mol.